The highest BCUT2D eigenvalue weighted by atomic mass is 35.5. The van der Waals surface area contributed by atoms with E-state index < -0.39 is 12.1 Å². The first kappa shape index (κ1) is 23.9. The van der Waals surface area contributed by atoms with Crippen molar-refractivity contribution in [3.63, 3.8) is 0 Å². The Balaban J connectivity index is 1.86. The van der Waals surface area contributed by atoms with Gasteiger partial charge in [0.05, 0.1) is 16.7 Å². The largest absolute Gasteiger partial charge is 0.479 e. The normalized spacial score (nSPS) is 16.5. The first-order valence-electron chi connectivity index (χ1n) is 10.5. The highest BCUT2D eigenvalue weighted by Crippen LogP contribution is 2.40. The molecule has 0 aliphatic heterocycles. The van der Waals surface area contributed by atoms with Crippen LogP contribution in [0.2, 0.25) is 10.0 Å². The number of halogens is 2. The van der Waals surface area contributed by atoms with Crippen LogP contribution in [0.5, 0.6) is 5.75 Å². The molecular formula is C23H27Cl2NO4S. The zero-order valence-electron chi connectivity index (χ0n) is 18.1. The number of rotatable bonds is 7. The van der Waals surface area contributed by atoms with Crippen molar-refractivity contribution in [2.75, 3.05) is 5.32 Å². The summed E-state index contributed by atoms with van der Waals surface area (Å²) in [4.78, 5) is 27.1. The summed E-state index contributed by atoms with van der Waals surface area (Å²) in [5, 5.41) is 4.28. The number of carbonyl (C=O) groups excluding carboxylic acids is 2. The molecule has 168 valence electrons. The second-order valence-corrected chi connectivity index (χ2v) is 10.0. The number of amides is 1. The summed E-state index contributed by atoms with van der Waals surface area (Å²) in [5.41, 5.74) is 1.47. The van der Waals surface area contributed by atoms with E-state index in [2.05, 4.69) is 12.2 Å². The van der Waals surface area contributed by atoms with Crippen LogP contribution in [0, 0.1) is 5.92 Å². The molecule has 0 fully saturated rings. The van der Waals surface area contributed by atoms with E-state index in [1.807, 2.05) is 20.8 Å². The van der Waals surface area contributed by atoms with E-state index in [1.54, 1.807) is 18.2 Å². The van der Waals surface area contributed by atoms with Crippen molar-refractivity contribution >= 4 is 51.4 Å². The minimum atomic E-state index is -0.789. The molecule has 0 radical (unpaired) electrons. The maximum absolute atomic E-state index is 13.1. The molecule has 1 amide bonds. The summed E-state index contributed by atoms with van der Waals surface area (Å²) in [7, 11) is 0. The van der Waals surface area contributed by atoms with Gasteiger partial charge in [0.15, 0.2) is 6.10 Å². The number of esters is 1. The minimum absolute atomic E-state index is 0.245. The van der Waals surface area contributed by atoms with E-state index in [-0.39, 0.29) is 12.0 Å². The van der Waals surface area contributed by atoms with Crippen molar-refractivity contribution in [3.05, 3.63) is 44.2 Å². The fraction of sp³-hybridized carbons (Fsp3) is 0.478. The predicted molar refractivity (Wildman–Crippen MR) is 126 cm³/mol. The fourth-order valence-corrected chi connectivity index (χ4v) is 5.29. The molecule has 0 spiro atoms. The van der Waals surface area contributed by atoms with Gasteiger partial charge in [-0.3, -0.25) is 4.79 Å². The quantitative estimate of drug-likeness (QED) is 0.453. The monoisotopic (exact) mass is 483 g/mol. The van der Waals surface area contributed by atoms with Gasteiger partial charge in [-0.05, 0) is 63.1 Å². The van der Waals surface area contributed by atoms with E-state index in [9.17, 15) is 9.59 Å². The third kappa shape index (κ3) is 5.73. The SMILES string of the molecule is CC[C@@H](Oc1cc(Cl)ccc1Cl)C(=O)Nc1sc2c(c1C(=O)OC(C)C)CC[C@@H](C)C2. The van der Waals surface area contributed by atoms with Crippen molar-refractivity contribution in [1.82, 2.24) is 0 Å². The number of hydrogen-bond donors (Lipinski definition) is 1. The first-order valence-corrected chi connectivity index (χ1v) is 12.0. The molecule has 1 aliphatic carbocycles. The Morgan fingerprint density at radius 2 is 2.03 bits per heavy atom. The van der Waals surface area contributed by atoms with E-state index in [4.69, 9.17) is 32.7 Å². The van der Waals surface area contributed by atoms with Crippen molar-refractivity contribution in [2.45, 2.75) is 65.6 Å². The van der Waals surface area contributed by atoms with Gasteiger partial charge in [0, 0.05) is 16.0 Å². The summed E-state index contributed by atoms with van der Waals surface area (Å²) in [6.45, 7) is 7.67. The molecule has 0 saturated heterocycles. The average molecular weight is 484 g/mol. The highest BCUT2D eigenvalue weighted by molar-refractivity contribution is 7.17. The maximum Gasteiger partial charge on any atom is 0.341 e. The van der Waals surface area contributed by atoms with E-state index in [1.165, 1.54) is 11.3 Å². The molecule has 5 nitrogen and oxygen atoms in total. The molecule has 0 saturated carbocycles. The number of anilines is 1. The van der Waals surface area contributed by atoms with Crippen LogP contribution in [-0.2, 0) is 22.4 Å². The van der Waals surface area contributed by atoms with Gasteiger partial charge in [-0.15, -0.1) is 11.3 Å². The lowest BCUT2D eigenvalue weighted by molar-refractivity contribution is -0.122. The zero-order valence-corrected chi connectivity index (χ0v) is 20.4. The Morgan fingerprint density at radius 3 is 2.71 bits per heavy atom. The maximum atomic E-state index is 13.1. The predicted octanol–water partition coefficient (Wildman–Crippen LogP) is 6.54. The molecule has 2 atom stereocenters. The van der Waals surface area contributed by atoms with Gasteiger partial charge >= 0.3 is 5.97 Å². The Labute approximate surface area is 197 Å². The summed E-state index contributed by atoms with van der Waals surface area (Å²) >= 11 is 13.7. The molecule has 31 heavy (non-hydrogen) atoms. The average Bonchev–Trinajstić information content (AvgIpc) is 3.04. The number of nitrogens with one attached hydrogen (secondary N) is 1. The van der Waals surface area contributed by atoms with Crippen LogP contribution < -0.4 is 10.1 Å². The Hall–Kier alpha value is -1.76. The second-order valence-electron chi connectivity index (χ2n) is 8.09. The Morgan fingerprint density at radius 1 is 1.29 bits per heavy atom. The van der Waals surface area contributed by atoms with E-state index in [0.717, 1.165) is 29.7 Å². The summed E-state index contributed by atoms with van der Waals surface area (Å²) in [6, 6.07) is 4.86. The molecular weight excluding hydrogens is 457 g/mol. The van der Waals surface area contributed by atoms with Gasteiger partial charge in [0.2, 0.25) is 0 Å². The number of ether oxygens (including phenoxy) is 2. The third-order valence-corrected chi connectivity index (χ3v) is 6.84. The zero-order chi connectivity index (χ0) is 22.7. The van der Waals surface area contributed by atoms with Crippen LogP contribution in [0.1, 0.15) is 61.3 Å². The smallest absolute Gasteiger partial charge is 0.341 e. The molecule has 1 aromatic heterocycles. The van der Waals surface area contributed by atoms with Crippen LogP contribution >= 0.6 is 34.5 Å². The van der Waals surface area contributed by atoms with Crippen LogP contribution in [-0.4, -0.2) is 24.1 Å². The third-order valence-electron chi connectivity index (χ3n) is 5.12. The lowest BCUT2D eigenvalue weighted by Gasteiger charge is -2.19. The van der Waals surface area contributed by atoms with Gasteiger partial charge in [-0.2, -0.15) is 0 Å². The lowest BCUT2D eigenvalue weighted by atomic mass is 9.88. The lowest BCUT2D eigenvalue weighted by Crippen LogP contribution is -2.32. The summed E-state index contributed by atoms with van der Waals surface area (Å²) in [6.07, 6.45) is 2.09. The fourth-order valence-electron chi connectivity index (χ4n) is 3.56. The molecule has 8 heteroatoms. The van der Waals surface area contributed by atoms with Crippen LogP contribution in [0.25, 0.3) is 0 Å². The van der Waals surface area contributed by atoms with Gasteiger partial charge in [0.1, 0.15) is 10.8 Å². The molecule has 1 aromatic carbocycles. The first-order chi connectivity index (χ1) is 14.7. The highest BCUT2D eigenvalue weighted by Gasteiger charge is 2.31. The van der Waals surface area contributed by atoms with Crippen molar-refractivity contribution in [1.29, 1.82) is 0 Å². The van der Waals surface area contributed by atoms with Crippen LogP contribution in [0.4, 0.5) is 5.00 Å². The number of hydrogen-bond acceptors (Lipinski definition) is 5. The number of fused-ring (bicyclic) bond motifs is 1. The molecule has 1 heterocycles. The standard InChI is InChI=1S/C23H27Cl2NO4S/c1-5-17(30-18-11-14(24)7-9-16(18)25)21(27)26-22-20(23(28)29-12(2)3)15-8-6-13(4)10-19(15)31-22/h7,9,11-13,17H,5-6,8,10H2,1-4H3,(H,26,27)/t13-,17-/m1/s1. The number of thiophene rings is 1. The molecule has 2 aromatic rings. The molecule has 0 bridgehead atoms. The Bertz CT molecular complexity index is 973. The number of benzene rings is 1. The van der Waals surface area contributed by atoms with Crippen LogP contribution in [0.3, 0.4) is 0 Å². The van der Waals surface area contributed by atoms with Gasteiger partial charge in [-0.25, -0.2) is 4.79 Å². The summed E-state index contributed by atoms with van der Waals surface area (Å²) in [5.74, 6) is 0.142. The molecule has 1 aliphatic rings. The van der Waals surface area contributed by atoms with Crippen LogP contribution in [0.15, 0.2) is 18.2 Å². The Kier molecular flexibility index (Phi) is 7.89. The molecule has 3 rings (SSSR count). The topological polar surface area (TPSA) is 64.6 Å². The van der Waals surface area contributed by atoms with Crippen molar-refractivity contribution < 1.29 is 19.1 Å². The summed E-state index contributed by atoms with van der Waals surface area (Å²) < 4.78 is 11.3. The van der Waals surface area contributed by atoms with E-state index in [0.29, 0.717) is 38.7 Å². The van der Waals surface area contributed by atoms with Crippen molar-refractivity contribution in [3.8, 4) is 5.75 Å². The molecule has 1 N–H and O–H groups in total. The molecule has 0 unspecified atom stereocenters. The van der Waals surface area contributed by atoms with E-state index >= 15 is 0 Å². The van der Waals surface area contributed by atoms with Crippen molar-refractivity contribution in [2.24, 2.45) is 5.92 Å². The second kappa shape index (κ2) is 10.2. The van der Waals surface area contributed by atoms with Gasteiger partial charge in [0.25, 0.3) is 5.91 Å². The van der Waals surface area contributed by atoms with Gasteiger partial charge in [-0.1, -0.05) is 37.0 Å². The van der Waals surface area contributed by atoms with Gasteiger partial charge < -0.3 is 14.8 Å². The number of carbonyl (C=O) groups is 2. The minimum Gasteiger partial charge on any atom is -0.479 e.